The maximum Gasteiger partial charge on any atom is 0.238 e. The van der Waals surface area contributed by atoms with Gasteiger partial charge >= 0.3 is 0 Å². The van der Waals surface area contributed by atoms with Crippen LogP contribution >= 0.6 is 0 Å². The molecule has 29 heavy (non-hydrogen) atoms. The lowest BCUT2D eigenvalue weighted by molar-refractivity contribution is -0.119. The van der Waals surface area contributed by atoms with Gasteiger partial charge in [-0.15, -0.1) is 0 Å². The van der Waals surface area contributed by atoms with Crippen LogP contribution < -0.4 is 10.6 Å². The number of carbonyl (C=O) groups excluding carboxylic acids is 2. The number of carbonyl (C=O) groups is 2. The van der Waals surface area contributed by atoms with E-state index in [9.17, 15) is 18.4 Å². The lowest BCUT2D eigenvalue weighted by Crippen LogP contribution is -2.37. The van der Waals surface area contributed by atoms with Gasteiger partial charge in [0.2, 0.25) is 11.8 Å². The first kappa shape index (κ1) is 20.9. The predicted octanol–water partition coefficient (Wildman–Crippen LogP) is 4.01. The average molecular weight is 401 g/mol. The van der Waals surface area contributed by atoms with Crippen LogP contribution in [0.5, 0.6) is 0 Å². The van der Waals surface area contributed by atoms with Crippen LogP contribution in [0.15, 0.2) is 36.4 Å². The molecule has 0 aliphatic heterocycles. The third-order valence-electron chi connectivity index (χ3n) is 4.91. The molecule has 1 fully saturated rings. The zero-order valence-electron chi connectivity index (χ0n) is 16.6. The van der Waals surface area contributed by atoms with E-state index in [2.05, 4.69) is 10.6 Å². The highest BCUT2D eigenvalue weighted by molar-refractivity contribution is 5.93. The number of anilines is 2. The molecule has 3 rings (SSSR count). The zero-order chi connectivity index (χ0) is 21.0. The first-order valence-corrected chi connectivity index (χ1v) is 9.68. The highest BCUT2D eigenvalue weighted by atomic mass is 19.2. The SMILES string of the molecule is Cc1ccc(C)c(NC(=O)CN(CCC(=O)Nc2ccc(F)c(F)c2)C2CC2)c1. The van der Waals surface area contributed by atoms with Crippen molar-refractivity contribution in [2.75, 3.05) is 23.7 Å². The first-order valence-electron chi connectivity index (χ1n) is 9.68. The van der Waals surface area contributed by atoms with Crippen molar-refractivity contribution in [3.8, 4) is 0 Å². The predicted molar refractivity (Wildman–Crippen MR) is 109 cm³/mol. The van der Waals surface area contributed by atoms with Crippen LogP contribution in [-0.2, 0) is 9.59 Å². The van der Waals surface area contributed by atoms with Gasteiger partial charge in [-0.2, -0.15) is 0 Å². The third kappa shape index (κ3) is 6.09. The summed E-state index contributed by atoms with van der Waals surface area (Å²) in [4.78, 5) is 26.6. The van der Waals surface area contributed by atoms with E-state index in [1.54, 1.807) is 0 Å². The number of rotatable bonds is 8. The Morgan fingerprint density at radius 2 is 1.76 bits per heavy atom. The quantitative estimate of drug-likeness (QED) is 0.703. The number of nitrogens with zero attached hydrogens (tertiary/aromatic N) is 1. The molecule has 0 bridgehead atoms. The summed E-state index contributed by atoms with van der Waals surface area (Å²) in [6, 6.07) is 9.42. The summed E-state index contributed by atoms with van der Waals surface area (Å²) in [7, 11) is 0. The van der Waals surface area contributed by atoms with Crippen LogP contribution in [0.4, 0.5) is 20.2 Å². The highest BCUT2D eigenvalue weighted by Gasteiger charge is 2.30. The zero-order valence-corrected chi connectivity index (χ0v) is 16.6. The van der Waals surface area contributed by atoms with Gasteiger partial charge in [-0.25, -0.2) is 8.78 Å². The summed E-state index contributed by atoms with van der Waals surface area (Å²) in [5.41, 5.74) is 3.06. The number of aryl methyl sites for hydroxylation is 2. The van der Waals surface area contributed by atoms with Gasteiger partial charge in [0.15, 0.2) is 11.6 Å². The van der Waals surface area contributed by atoms with E-state index < -0.39 is 11.6 Å². The maximum atomic E-state index is 13.3. The van der Waals surface area contributed by atoms with Crippen molar-refractivity contribution in [1.29, 1.82) is 0 Å². The van der Waals surface area contributed by atoms with Gasteiger partial charge in [-0.05, 0) is 56.0 Å². The maximum absolute atomic E-state index is 13.3. The molecule has 0 aromatic heterocycles. The second-order valence-corrected chi connectivity index (χ2v) is 7.50. The van der Waals surface area contributed by atoms with Crippen molar-refractivity contribution in [2.45, 2.75) is 39.2 Å². The molecule has 154 valence electrons. The van der Waals surface area contributed by atoms with Crippen LogP contribution in [0.1, 0.15) is 30.4 Å². The fourth-order valence-corrected chi connectivity index (χ4v) is 3.12. The van der Waals surface area contributed by atoms with Crippen molar-refractivity contribution in [2.24, 2.45) is 0 Å². The number of hydrogen-bond donors (Lipinski definition) is 2. The number of hydrogen-bond acceptors (Lipinski definition) is 3. The molecule has 0 saturated heterocycles. The van der Waals surface area contributed by atoms with Gasteiger partial charge in [0.1, 0.15) is 0 Å². The summed E-state index contributed by atoms with van der Waals surface area (Å²) >= 11 is 0. The normalized spacial score (nSPS) is 13.4. The van der Waals surface area contributed by atoms with E-state index in [-0.39, 0.29) is 30.5 Å². The van der Waals surface area contributed by atoms with Gasteiger partial charge in [-0.1, -0.05) is 12.1 Å². The molecule has 0 radical (unpaired) electrons. The number of halogens is 2. The lowest BCUT2D eigenvalue weighted by Gasteiger charge is -2.21. The summed E-state index contributed by atoms with van der Waals surface area (Å²) in [5, 5.41) is 5.50. The second-order valence-electron chi connectivity index (χ2n) is 7.50. The van der Waals surface area contributed by atoms with E-state index in [1.807, 2.05) is 36.9 Å². The van der Waals surface area contributed by atoms with Crippen LogP contribution in [0, 0.1) is 25.5 Å². The van der Waals surface area contributed by atoms with Gasteiger partial charge < -0.3 is 10.6 Å². The minimum absolute atomic E-state index is 0.119. The van der Waals surface area contributed by atoms with Crippen molar-refractivity contribution in [3.63, 3.8) is 0 Å². The molecule has 7 heteroatoms. The van der Waals surface area contributed by atoms with Gasteiger partial charge in [0.25, 0.3) is 0 Å². The Balaban J connectivity index is 1.52. The molecular formula is C22H25F2N3O2. The Bertz CT molecular complexity index is 913. The van der Waals surface area contributed by atoms with Gasteiger partial charge in [0.05, 0.1) is 6.54 Å². The molecule has 1 aliphatic carbocycles. The smallest absolute Gasteiger partial charge is 0.238 e. The molecule has 5 nitrogen and oxygen atoms in total. The molecule has 0 atom stereocenters. The molecule has 1 aliphatic rings. The Labute approximate surface area is 169 Å². The van der Waals surface area contributed by atoms with Crippen LogP contribution in [-0.4, -0.2) is 35.8 Å². The van der Waals surface area contributed by atoms with E-state index >= 15 is 0 Å². The Hall–Kier alpha value is -2.80. The minimum atomic E-state index is -1.01. The van der Waals surface area contributed by atoms with Gasteiger partial charge in [0, 0.05) is 36.4 Å². The minimum Gasteiger partial charge on any atom is -0.326 e. The molecule has 1 saturated carbocycles. The molecule has 2 aromatic carbocycles. The fraction of sp³-hybridized carbons (Fsp3) is 0.364. The average Bonchev–Trinajstić information content (AvgIpc) is 3.50. The third-order valence-corrected chi connectivity index (χ3v) is 4.91. The number of benzene rings is 2. The van der Waals surface area contributed by atoms with Gasteiger partial charge in [-0.3, -0.25) is 14.5 Å². The topological polar surface area (TPSA) is 61.4 Å². The van der Waals surface area contributed by atoms with E-state index in [0.717, 1.165) is 41.8 Å². The van der Waals surface area contributed by atoms with E-state index in [4.69, 9.17) is 0 Å². The molecule has 2 aromatic rings. The van der Waals surface area contributed by atoms with Crippen molar-refractivity contribution < 1.29 is 18.4 Å². The largest absolute Gasteiger partial charge is 0.326 e. The van der Waals surface area contributed by atoms with Crippen molar-refractivity contribution in [1.82, 2.24) is 4.90 Å². The molecule has 0 unspecified atom stereocenters. The second kappa shape index (κ2) is 9.13. The van der Waals surface area contributed by atoms with Crippen molar-refractivity contribution in [3.05, 3.63) is 59.2 Å². The summed E-state index contributed by atoms with van der Waals surface area (Å²) in [5.74, 6) is -2.40. The number of nitrogens with one attached hydrogen (secondary N) is 2. The lowest BCUT2D eigenvalue weighted by atomic mass is 10.1. The summed E-state index contributed by atoms with van der Waals surface area (Å²) < 4.78 is 26.2. The summed E-state index contributed by atoms with van der Waals surface area (Å²) in [6.45, 7) is 4.53. The molecule has 2 amide bonds. The first-order chi connectivity index (χ1) is 13.8. The molecule has 0 spiro atoms. The fourth-order valence-electron chi connectivity index (χ4n) is 3.12. The Morgan fingerprint density at radius 1 is 1.00 bits per heavy atom. The molecule has 2 N–H and O–H groups in total. The standard InChI is InChI=1S/C22H25F2N3O2/c1-14-3-4-15(2)20(11-14)26-22(29)13-27(17-6-7-17)10-9-21(28)25-16-5-8-18(23)19(24)12-16/h3-5,8,11-12,17H,6-7,9-10,13H2,1-2H3,(H,25,28)(H,26,29). The monoisotopic (exact) mass is 401 g/mol. The highest BCUT2D eigenvalue weighted by Crippen LogP contribution is 2.27. The Kier molecular flexibility index (Phi) is 6.59. The van der Waals surface area contributed by atoms with Crippen molar-refractivity contribution >= 4 is 23.2 Å². The Morgan fingerprint density at radius 3 is 2.45 bits per heavy atom. The number of amides is 2. The van der Waals surface area contributed by atoms with Crippen LogP contribution in [0.25, 0.3) is 0 Å². The molecular weight excluding hydrogens is 376 g/mol. The van der Waals surface area contributed by atoms with Crippen LogP contribution in [0.2, 0.25) is 0 Å². The van der Waals surface area contributed by atoms with Crippen LogP contribution in [0.3, 0.4) is 0 Å². The molecule has 0 heterocycles. The van der Waals surface area contributed by atoms with E-state index in [1.165, 1.54) is 6.07 Å². The van der Waals surface area contributed by atoms with E-state index in [0.29, 0.717) is 12.6 Å². The summed E-state index contributed by atoms with van der Waals surface area (Å²) in [6.07, 6.45) is 2.16.